The van der Waals surface area contributed by atoms with Gasteiger partial charge in [-0.3, -0.25) is 4.68 Å². The average molecular weight is 378 g/mol. The molecule has 0 radical (unpaired) electrons. The predicted molar refractivity (Wildman–Crippen MR) is 112 cm³/mol. The van der Waals surface area contributed by atoms with Crippen molar-refractivity contribution in [3.8, 4) is 0 Å². The largest absolute Gasteiger partial charge is 0.383 e. The summed E-state index contributed by atoms with van der Waals surface area (Å²) in [5.41, 5.74) is 3.45. The Kier molecular flexibility index (Phi) is 9.67. The zero-order valence-corrected chi connectivity index (χ0v) is 17.8. The summed E-state index contributed by atoms with van der Waals surface area (Å²) in [5, 5.41) is 11.5. The number of hydrogen-bond acceptors (Lipinski definition) is 3. The normalized spacial score (nSPS) is 15.5. The summed E-state index contributed by atoms with van der Waals surface area (Å²) in [4.78, 5) is 4.78. The highest BCUT2D eigenvalue weighted by molar-refractivity contribution is 5.79. The Labute approximate surface area is 165 Å². The van der Waals surface area contributed by atoms with Gasteiger partial charge in [0.15, 0.2) is 5.96 Å². The Morgan fingerprint density at radius 3 is 2.70 bits per heavy atom. The first-order chi connectivity index (χ1) is 13.2. The minimum atomic E-state index is 0.655. The SMILES string of the molecule is CCNC(=NCc1c(C)nn(CCOC)c1C)NCCCCC1CCCC1. The number of aromatic nitrogens is 2. The van der Waals surface area contributed by atoms with Crippen LogP contribution in [0.15, 0.2) is 4.99 Å². The lowest BCUT2D eigenvalue weighted by atomic mass is 10.0. The van der Waals surface area contributed by atoms with Crippen molar-refractivity contribution in [2.24, 2.45) is 10.9 Å². The number of ether oxygens (including phenoxy) is 1. The Hall–Kier alpha value is -1.56. The van der Waals surface area contributed by atoms with Gasteiger partial charge in [-0.25, -0.2) is 4.99 Å². The molecule has 1 aromatic heterocycles. The Morgan fingerprint density at radius 1 is 1.22 bits per heavy atom. The third-order valence-corrected chi connectivity index (χ3v) is 5.58. The minimum Gasteiger partial charge on any atom is -0.383 e. The van der Waals surface area contributed by atoms with E-state index in [-0.39, 0.29) is 0 Å². The summed E-state index contributed by atoms with van der Waals surface area (Å²) < 4.78 is 7.19. The van der Waals surface area contributed by atoms with E-state index in [1.807, 2.05) is 4.68 Å². The van der Waals surface area contributed by atoms with E-state index < -0.39 is 0 Å². The molecule has 0 saturated heterocycles. The summed E-state index contributed by atoms with van der Waals surface area (Å²) in [7, 11) is 1.72. The van der Waals surface area contributed by atoms with E-state index in [2.05, 4.69) is 36.5 Å². The van der Waals surface area contributed by atoms with Gasteiger partial charge in [0.25, 0.3) is 0 Å². The van der Waals surface area contributed by atoms with Crippen molar-refractivity contribution in [3.63, 3.8) is 0 Å². The Morgan fingerprint density at radius 2 is 2.00 bits per heavy atom. The molecule has 1 fully saturated rings. The maximum absolute atomic E-state index is 5.17. The summed E-state index contributed by atoms with van der Waals surface area (Å²) in [6, 6.07) is 0. The van der Waals surface area contributed by atoms with Crippen LogP contribution in [-0.4, -0.2) is 42.5 Å². The quantitative estimate of drug-likeness (QED) is 0.352. The van der Waals surface area contributed by atoms with E-state index in [9.17, 15) is 0 Å². The van der Waals surface area contributed by atoms with E-state index in [1.165, 1.54) is 56.2 Å². The maximum Gasteiger partial charge on any atom is 0.191 e. The molecular weight excluding hydrogens is 338 g/mol. The molecule has 0 spiro atoms. The number of rotatable bonds is 11. The molecular formula is C21H39N5O. The van der Waals surface area contributed by atoms with Gasteiger partial charge in [-0.05, 0) is 33.1 Å². The molecule has 2 rings (SSSR count). The van der Waals surface area contributed by atoms with Crippen LogP contribution in [0.3, 0.4) is 0 Å². The number of unbranched alkanes of at least 4 members (excludes halogenated alkanes) is 1. The van der Waals surface area contributed by atoms with Crippen LogP contribution >= 0.6 is 0 Å². The lowest BCUT2D eigenvalue weighted by Crippen LogP contribution is -2.37. The molecule has 0 atom stereocenters. The molecule has 0 aliphatic heterocycles. The van der Waals surface area contributed by atoms with Crippen molar-refractivity contribution in [2.75, 3.05) is 26.8 Å². The van der Waals surface area contributed by atoms with Crippen molar-refractivity contribution in [2.45, 2.75) is 78.8 Å². The van der Waals surface area contributed by atoms with Gasteiger partial charge in [0.05, 0.1) is 25.4 Å². The topological polar surface area (TPSA) is 63.5 Å². The van der Waals surface area contributed by atoms with Gasteiger partial charge < -0.3 is 15.4 Å². The van der Waals surface area contributed by atoms with Gasteiger partial charge in [-0.15, -0.1) is 0 Å². The summed E-state index contributed by atoms with van der Waals surface area (Å²) in [5.74, 6) is 1.90. The molecule has 0 amide bonds. The van der Waals surface area contributed by atoms with E-state index in [4.69, 9.17) is 9.73 Å². The second kappa shape index (κ2) is 12.0. The van der Waals surface area contributed by atoms with E-state index in [0.717, 1.165) is 37.2 Å². The van der Waals surface area contributed by atoms with Crippen molar-refractivity contribution >= 4 is 5.96 Å². The zero-order valence-electron chi connectivity index (χ0n) is 17.8. The molecule has 0 bridgehead atoms. The highest BCUT2D eigenvalue weighted by atomic mass is 16.5. The van der Waals surface area contributed by atoms with Crippen molar-refractivity contribution in [1.29, 1.82) is 0 Å². The lowest BCUT2D eigenvalue weighted by molar-refractivity contribution is 0.182. The highest BCUT2D eigenvalue weighted by Gasteiger charge is 2.14. The van der Waals surface area contributed by atoms with Crippen LogP contribution in [0.1, 0.15) is 68.8 Å². The minimum absolute atomic E-state index is 0.655. The fourth-order valence-corrected chi connectivity index (χ4v) is 3.92. The first-order valence-electron chi connectivity index (χ1n) is 10.7. The number of methoxy groups -OCH3 is 1. The van der Waals surface area contributed by atoms with Crippen LogP contribution < -0.4 is 10.6 Å². The van der Waals surface area contributed by atoms with Gasteiger partial charge in [0.2, 0.25) is 0 Å². The molecule has 2 N–H and O–H groups in total. The standard InChI is InChI=1S/C21H39N5O/c1-5-22-21(23-13-9-8-12-19-10-6-7-11-19)24-16-20-17(2)25-26(18(20)3)14-15-27-4/h19H,5-16H2,1-4H3,(H2,22,23,24). The van der Waals surface area contributed by atoms with Gasteiger partial charge in [-0.1, -0.05) is 38.5 Å². The van der Waals surface area contributed by atoms with E-state index in [1.54, 1.807) is 7.11 Å². The molecule has 0 unspecified atom stereocenters. The lowest BCUT2D eigenvalue weighted by Gasteiger charge is -2.12. The number of hydrogen-bond donors (Lipinski definition) is 2. The molecule has 6 nitrogen and oxygen atoms in total. The summed E-state index contributed by atoms with van der Waals surface area (Å²) in [6.45, 7) is 10.3. The second-order valence-corrected chi connectivity index (χ2v) is 7.63. The number of guanidine groups is 1. The number of nitrogens with zero attached hydrogens (tertiary/aromatic N) is 3. The summed E-state index contributed by atoms with van der Waals surface area (Å²) in [6.07, 6.45) is 9.73. The first kappa shape index (κ1) is 21.7. The Bertz CT molecular complexity index is 575. The third-order valence-electron chi connectivity index (χ3n) is 5.58. The molecule has 1 heterocycles. The van der Waals surface area contributed by atoms with E-state index >= 15 is 0 Å². The smallest absolute Gasteiger partial charge is 0.191 e. The molecule has 154 valence electrons. The van der Waals surface area contributed by atoms with Crippen LogP contribution in [0.5, 0.6) is 0 Å². The van der Waals surface area contributed by atoms with Gasteiger partial charge in [-0.2, -0.15) is 5.10 Å². The molecule has 6 heteroatoms. The third kappa shape index (κ3) is 7.17. The van der Waals surface area contributed by atoms with Gasteiger partial charge in [0.1, 0.15) is 0 Å². The van der Waals surface area contributed by atoms with Gasteiger partial charge in [0, 0.05) is 31.5 Å². The predicted octanol–water partition coefficient (Wildman–Crippen LogP) is 3.56. The van der Waals surface area contributed by atoms with E-state index in [0.29, 0.717) is 13.2 Å². The van der Waals surface area contributed by atoms with Crippen molar-refractivity contribution in [3.05, 3.63) is 17.0 Å². The fraction of sp³-hybridized carbons (Fsp3) is 0.810. The highest BCUT2D eigenvalue weighted by Crippen LogP contribution is 2.28. The average Bonchev–Trinajstić information content (AvgIpc) is 3.26. The number of aryl methyl sites for hydroxylation is 1. The molecule has 1 saturated carbocycles. The number of aliphatic imine (C=N–C) groups is 1. The van der Waals surface area contributed by atoms with Gasteiger partial charge >= 0.3 is 0 Å². The van der Waals surface area contributed by atoms with Crippen molar-refractivity contribution in [1.82, 2.24) is 20.4 Å². The van der Waals surface area contributed by atoms with Crippen LogP contribution in [0.4, 0.5) is 0 Å². The number of nitrogens with one attached hydrogen (secondary N) is 2. The van der Waals surface area contributed by atoms with Crippen LogP contribution in [-0.2, 0) is 17.8 Å². The van der Waals surface area contributed by atoms with Crippen molar-refractivity contribution < 1.29 is 4.74 Å². The fourth-order valence-electron chi connectivity index (χ4n) is 3.92. The van der Waals surface area contributed by atoms with Crippen LogP contribution in [0.25, 0.3) is 0 Å². The van der Waals surface area contributed by atoms with Crippen LogP contribution in [0.2, 0.25) is 0 Å². The molecule has 1 aromatic rings. The second-order valence-electron chi connectivity index (χ2n) is 7.63. The molecule has 27 heavy (non-hydrogen) atoms. The molecule has 1 aliphatic rings. The Balaban J connectivity index is 1.80. The first-order valence-corrected chi connectivity index (χ1v) is 10.7. The summed E-state index contributed by atoms with van der Waals surface area (Å²) >= 11 is 0. The maximum atomic E-state index is 5.17. The van der Waals surface area contributed by atoms with Crippen LogP contribution in [0, 0.1) is 19.8 Å². The zero-order chi connectivity index (χ0) is 19.5. The molecule has 1 aliphatic carbocycles. The monoisotopic (exact) mass is 377 g/mol. The molecule has 0 aromatic carbocycles.